The fraction of sp³-hybridized carbons (Fsp3) is 0.636. The van der Waals surface area contributed by atoms with Crippen LogP contribution < -0.4 is 5.32 Å². The van der Waals surface area contributed by atoms with Crippen LogP contribution in [0.15, 0.2) is 16.5 Å². The Hall–Kier alpha value is -0.120. The molecule has 1 saturated carbocycles. The largest absolute Gasteiger partial charge is 0.448 e. The molecule has 1 N–H and O–H groups in total. The summed E-state index contributed by atoms with van der Waals surface area (Å²) < 4.78 is 5.29. The quantitative estimate of drug-likeness (QED) is 0.881. The van der Waals surface area contributed by atoms with Gasteiger partial charge in [-0.1, -0.05) is 0 Å². The lowest BCUT2D eigenvalue weighted by Gasteiger charge is -2.11. The Labute approximate surface area is 99.8 Å². The van der Waals surface area contributed by atoms with Gasteiger partial charge in [0.15, 0.2) is 5.22 Å². The lowest BCUT2D eigenvalue weighted by Crippen LogP contribution is -2.25. The van der Waals surface area contributed by atoms with E-state index in [0.29, 0.717) is 11.3 Å². The number of thioether (sulfide) groups is 1. The maximum Gasteiger partial charge on any atom is 0.193 e. The van der Waals surface area contributed by atoms with Crippen molar-refractivity contribution < 1.29 is 4.42 Å². The Bertz CT molecular complexity index is 315. The van der Waals surface area contributed by atoms with E-state index in [2.05, 4.69) is 11.6 Å². The van der Waals surface area contributed by atoms with Crippen LogP contribution >= 0.6 is 23.4 Å². The number of hydrogen-bond donors (Lipinski definition) is 1. The molecule has 2 unspecified atom stereocenters. The van der Waals surface area contributed by atoms with Crippen LogP contribution in [0.2, 0.25) is 5.22 Å². The number of furan rings is 1. The smallest absolute Gasteiger partial charge is 0.193 e. The molecular formula is C11H16ClNOS. The number of rotatable bonds is 4. The third kappa shape index (κ3) is 3.16. The summed E-state index contributed by atoms with van der Waals surface area (Å²) in [6.45, 7) is 0.790. The van der Waals surface area contributed by atoms with Gasteiger partial charge in [-0.15, -0.1) is 0 Å². The fourth-order valence-corrected chi connectivity index (χ4v) is 2.99. The lowest BCUT2D eigenvalue weighted by molar-refractivity contribution is 0.447. The first-order valence-corrected chi connectivity index (χ1v) is 6.95. The van der Waals surface area contributed by atoms with Gasteiger partial charge in [0.2, 0.25) is 0 Å². The first-order chi connectivity index (χ1) is 7.28. The third-order valence-electron chi connectivity index (χ3n) is 2.91. The van der Waals surface area contributed by atoms with Gasteiger partial charge in [-0.2, -0.15) is 11.8 Å². The molecule has 2 nitrogen and oxygen atoms in total. The van der Waals surface area contributed by atoms with E-state index in [9.17, 15) is 0 Å². The third-order valence-corrected chi connectivity index (χ3v) is 4.21. The van der Waals surface area contributed by atoms with Crippen molar-refractivity contribution in [2.75, 3.05) is 6.26 Å². The number of hydrogen-bond acceptors (Lipinski definition) is 3. The maximum atomic E-state index is 5.70. The average molecular weight is 246 g/mol. The first-order valence-electron chi connectivity index (χ1n) is 5.28. The van der Waals surface area contributed by atoms with Crippen LogP contribution in [0.3, 0.4) is 0 Å². The van der Waals surface area contributed by atoms with Gasteiger partial charge in [-0.25, -0.2) is 0 Å². The summed E-state index contributed by atoms with van der Waals surface area (Å²) in [6.07, 6.45) is 6.08. The van der Waals surface area contributed by atoms with Gasteiger partial charge in [-0.3, -0.25) is 0 Å². The molecule has 1 heterocycles. The molecule has 0 spiro atoms. The van der Waals surface area contributed by atoms with Crippen molar-refractivity contribution in [1.29, 1.82) is 0 Å². The van der Waals surface area contributed by atoms with Crippen molar-refractivity contribution in [3.63, 3.8) is 0 Å². The molecule has 1 aliphatic rings. The highest BCUT2D eigenvalue weighted by Gasteiger charge is 2.23. The van der Waals surface area contributed by atoms with E-state index in [1.807, 2.05) is 17.8 Å². The molecule has 1 aromatic rings. The fourth-order valence-electron chi connectivity index (χ4n) is 2.03. The predicted molar refractivity (Wildman–Crippen MR) is 65.5 cm³/mol. The van der Waals surface area contributed by atoms with E-state index in [1.54, 1.807) is 6.07 Å². The van der Waals surface area contributed by atoms with Crippen molar-refractivity contribution in [2.45, 2.75) is 37.1 Å². The highest BCUT2D eigenvalue weighted by Crippen LogP contribution is 2.28. The van der Waals surface area contributed by atoms with Gasteiger partial charge < -0.3 is 9.73 Å². The zero-order valence-corrected chi connectivity index (χ0v) is 10.4. The highest BCUT2D eigenvalue weighted by molar-refractivity contribution is 7.99. The summed E-state index contributed by atoms with van der Waals surface area (Å²) in [4.78, 5) is 0. The van der Waals surface area contributed by atoms with Gasteiger partial charge in [-0.05, 0) is 49.3 Å². The maximum absolute atomic E-state index is 5.70. The van der Waals surface area contributed by atoms with E-state index in [0.717, 1.165) is 17.6 Å². The standard InChI is InChI=1S/C11H16ClNOS/c1-15-10-4-2-8(6-10)13-7-9-3-5-11(12)14-9/h3,5,8,10,13H,2,4,6-7H2,1H3. The van der Waals surface area contributed by atoms with Crippen LogP contribution in [-0.2, 0) is 6.54 Å². The summed E-state index contributed by atoms with van der Waals surface area (Å²) in [6, 6.07) is 4.36. The molecule has 84 valence electrons. The van der Waals surface area contributed by atoms with Crippen molar-refractivity contribution in [2.24, 2.45) is 0 Å². The summed E-state index contributed by atoms with van der Waals surface area (Å²) in [7, 11) is 0. The summed E-state index contributed by atoms with van der Waals surface area (Å²) in [5.74, 6) is 0.924. The van der Waals surface area contributed by atoms with E-state index < -0.39 is 0 Å². The minimum atomic E-state index is 0.472. The predicted octanol–water partition coefficient (Wildman–Crippen LogP) is 3.31. The van der Waals surface area contributed by atoms with Crippen molar-refractivity contribution in [3.05, 3.63) is 23.1 Å². The van der Waals surface area contributed by atoms with Gasteiger partial charge >= 0.3 is 0 Å². The molecule has 0 aromatic carbocycles. The van der Waals surface area contributed by atoms with Crippen molar-refractivity contribution >= 4 is 23.4 Å². The topological polar surface area (TPSA) is 25.2 Å². The Morgan fingerprint density at radius 3 is 3.00 bits per heavy atom. The molecule has 1 aliphatic carbocycles. The molecule has 0 aliphatic heterocycles. The summed E-state index contributed by atoms with van der Waals surface area (Å²) >= 11 is 7.68. The molecule has 2 atom stereocenters. The second kappa shape index (κ2) is 5.28. The zero-order valence-electron chi connectivity index (χ0n) is 8.83. The minimum absolute atomic E-state index is 0.472. The zero-order chi connectivity index (χ0) is 10.7. The molecule has 0 radical (unpaired) electrons. The highest BCUT2D eigenvalue weighted by atomic mass is 35.5. The van der Waals surface area contributed by atoms with Gasteiger partial charge in [0.05, 0.1) is 6.54 Å². The lowest BCUT2D eigenvalue weighted by atomic mass is 10.2. The van der Waals surface area contributed by atoms with Crippen LogP contribution in [0.1, 0.15) is 25.0 Å². The van der Waals surface area contributed by atoms with Crippen molar-refractivity contribution in [1.82, 2.24) is 5.32 Å². The molecule has 0 bridgehead atoms. The Morgan fingerprint density at radius 1 is 1.53 bits per heavy atom. The van der Waals surface area contributed by atoms with Crippen LogP contribution in [0.4, 0.5) is 0 Å². The first kappa shape index (κ1) is 11.4. The Kier molecular flexibility index (Phi) is 4.00. The number of nitrogens with one attached hydrogen (secondary N) is 1. The van der Waals surface area contributed by atoms with E-state index in [4.69, 9.17) is 16.0 Å². The van der Waals surface area contributed by atoms with Gasteiger partial charge in [0.1, 0.15) is 5.76 Å². The average Bonchev–Trinajstić information content (AvgIpc) is 2.83. The van der Waals surface area contributed by atoms with Crippen LogP contribution in [0.25, 0.3) is 0 Å². The SMILES string of the molecule is CSC1CCC(NCc2ccc(Cl)o2)C1. The second-order valence-corrected chi connectivity index (χ2v) is 5.46. The molecule has 4 heteroatoms. The second-order valence-electron chi connectivity index (χ2n) is 3.95. The molecular weight excluding hydrogens is 230 g/mol. The molecule has 2 rings (SSSR count). The van der Waals surface area contributed by atoms with E-state index >= 15 is 0 Å². The Balaban J connectivity index is 1.75. The van der Waals surface area contributed by atoms with Crippen LogP contribution in [-0.4, -0.2) is 17.5 Å². The summed E-state index contributed by atoms with van der Waals surface area (Å²) in [5.41, 5.74) is 0. The Morgan fingerprint density at radius 2 is 2.40 bits per heavy atom. The van der Waals surface area contributed by atoms with Crippen LogP contribution in [0.5, 0.6) is 0 Å². The van der Waals surface area contributed by atoms with Crippen molar-refractivity contribution in [3.8, 4) is 0 Å². The van der Waals surface area contributed by atoms with Gasteiger partial charge in [0, 0.05) is 11.3 Å². The van der Waals surface area contributed by atoms with Gasteiger partial charge in [0.25, 0.3) is 0 Å². The van der Waals surface area contributed by atoms with E-state index in [-0.39, 0.29) is 0 Å². The number of halogens is 1. The summed E-state index contributed by atoms with van der Waals surface area (Å²) in [5, 5.41) is 4.82. The normalized spacial score (nSPS) is 26.0. The van der Waals surface area contributed by atoms with E-state index in [1.165, 1.54) is 19.3 Å². The molecule has 0 amide bonds. The minimum Gasteiger partial charge on any atom is -0.448 e. The molecule has 1 aromatic heterocycles. The van der Waals surface area contributed by atoms with Crippen LogP contribution in [0, 0.1) is 0 Å². The monoisotopic (exact) mass is 245 g/mol. The molecule has 0 saturated heterocycles. The molecule has 15 heavy (non-hydrogen) atoms. The molecule has 1 fully saturated rings.